The highest BCUT2D eigenvalue weighted by Gasteiger charge is 2.39. The fourth-order valence-electron chi connectivity index (χ4n) is 2.03. The molecule has 4 nitrogen and oxygen atoms in total. The summed E-state index contributed by atoms with van der Waals surface area (Å²) in [6, 6.07) is 3.50. The third-order valence-corrected chi connectivity index (χ3v) is 3.32. The van der Waals surface area contributed by atoms with Crippen LogP contribution >= 0.6 is 11.6 Å². The van der Waals surface area contributed by atoms with Crippen molar-refractivity contribution in [2.45, 2.75) is 13.1 Å². The number of amides is 1. The second-order valence-electron chi connectivity index (χ2n) is 4.53. The van der Waals surface area contributed by atoms with Gasteiger partial charge in [-0.1, -0.05) is 17.7 Å². The fraction of sp³-hybridized carbons (Fsp3) is 0.214. The predicted molar refractivity (Wildman–Crippen MR) is 75.6 cm³/mol. The quantitative estimate of drug-likeness (QED) is 0.844. The first-order chi connectivity index (χ1) is 10.7. The molecule has 0 aliphatic rings. The number of carbonyl (C=O) groups excluding carboxylic acids is 1. The van der Waals surface area contributed by atoms with Gasteiger partial charge < -0.3 is 5.32 Å². The lowest BCUT2D eigenvalue weighted by molar-refractivity contribution is -0.140. The second kappa shape index (κ2) is 6.11. The van der Waals surface area contributed by atoms with Gasteiger partial charge >= 0.3 is 6.18 Å². The van der Waals surface area contributed by atoms with Gasteiger partial charge in [0.1, 0.15) is 5.82 Å². The van der Waals surface area contributed by atoms with E-state index in [2.05, 4.69) is 15.3 Å². The predicted octanol–water partition coefficient (Wildman–Crippen LogP) is 3.62. The summed E-state index contributed by atoms with van der Waals surface area (Å²) in [5.41, 5.74) is -2.68. The Hall–Kier alpha value is -2.22. The van der Waals surface area contributed by atoms with Crippen LogP contribution in [0.5, 0.6) is 0 Å². The van der Waals surface area contributed by atoms with Crippen molar-refractivity contribution in [2.24, 2.45) is 0 Å². The van der Waals surface area contributed by atoms with Gasteiger partial charge in [-0.3, -0.25) is 4.79 Å². The van der Waals surface area contributed by atoms with Gasteiger partial charge in [-0.05, 0) is 19.1 Å². The molecule has 23 heavy (non-hydrogen) atoms. The van der Waals surface area contributed by atoms with E-state index < -0.39 is 40.5 Å². The number of hydrogen-bond acceptors (Lipinski definition) is 3. The highest BCUT2D eigenvalue weighted by Crippen LogP contribution is 2.40. The van der Waals surface area contributed by atoms with Gasteiger partial charge in [0, 0.05) is 18.2 Å². The average molecular weight is 348 g/mol. The van der Waals surface area contributed by atoms with Crippen molar-refractivity contribution in [3.63, 3.8) is 0 Å². The summed E-state index contributed by atoms with van der Waals surface area (Å²) < 4.78 is 54.0. The lowest BCUT2D eigenvalue weighted by Gasteiger charge is -2.16. The first-order valence-electron chi connectivity index (χ1n) is 6.29. The SMILES string of the molecule is CNC(=O)c1nc(C)c(-c2c(F)cccc2Cl)c(C(F)(F)F)n1. The van der Waals surface area contributed by atoms with Crippen LogP contribution in [0.4, 0.5) is 17.6 Å². The molecule has 9 heteroatoms. The van der Waals surface area contributed by atoms with Crippen LogP contribution in [0, 0.1) is 12.7 Å². The van der Waals surface area contributed by atoms with E-state index in [1.165, 1.54) is 26.1 Å². The third kappa shape index (κ3) is 3.26. The van der Waals surface area contributed by atoms with Gasteiger partial charge in [0.15, 0.2) is 5.69 Å². The molecule has 0 saturated heterocycles. The Labute approximate surface area is 133 Å². The number of aromatic nitrogens is 2. The van der Waals surface area contributed by atoms with Gasteiger partial charge in [0.05, 0.1) is 10.7 Å². The molecule has 0 bridgehead atoms. The third-order valence-electron chi connectivity index (χ3n) is 3.00. The maximum Gasteiger partial charge on any atom is 0.434 e. The summed E-state index contributed by atoms with van der Waals surface area (Å²) in [5, 5.41) is 1.92. The molecule has 0 atom stereocenters. The summed E-state index contributed by atoms with van der Waals surface area (Å²) >= 11 is 5.85. The first-order valence-corrected chi connectivity index (χ1v) is 6.67. The molecule has 0 aliphatic carbocycles. The molecule has 0 aliphatic heterocycles. The zero-order chi connectivity index (χ0) is 17.4. The molecule has 0 radical (unpaired) electrons. The monoisotopic (exact) mass is 347 g/mol. The Morgan fingerprint density at radius 2 is 1.87 bits per heavy atom. The van der Waals surface area contributed by atoms with Crippen LogP contribution in [0.1, 0.15) is 22.0 Å². The van der Waals surface area contributed by atoms with Crippen LogP contribution in [-0.2, 0) is 6.18 Å². The first kappa shape index (κ1) is 17.1. The Morgan fingerprint density at radius 3 is 2.39 bits per heavy atom. The summed E-state index contributed by atoms with van der Waals surface area (Å²) in [6.45, 7) is 1.22. The summed E-state index contributed by atoms with van der Waals surface area (Å²) in [7, 11) is 1.23. The van der Waals surface area contributed by atoms with E-state index in [0.717, 1.165) is 6.07 Å². The Bertz CT molecular complexity index is 757. The molecule has 0 fully saturated rings. The smallest absolute Gasteiger partial charge is 0.352 e. The van der Waals surface area contributed by atoms with Crippen molar-refractivity contribution in [1.29, 1.82) is 0 Å². The van der Waals surface area contributed by atoms with Gasteiger partial charge in [0.25, 0.3) is 5.91 Å². The van der Waals surface area contributed by atoms with E-state index in [1.54, 1.807) is 0 Å². The largest absolute Gasteiger partial charge is 0.434 e. The minimum Gasteiger partial charge on any atom is -0.352 e. The number of halogens is 5. The van der Waals surface area contributed by atoms with Gasteiger partial charge in [-0.25, -0.2) is 14.4 Å². The highest BCUT2D eigenvalue weighted by atomic mass is 35.5. The molecular formula is C14H10ClF4N3O. The maximum absolute atomic E-state index is 14.0. The molecule has 2 aromatic rings. The van der Waals surface area contributed by atoms with Crippen LogP contribution < -0.4 is 5.32 Å². The fourth-order valence-corrected chi connectivity index (χ4v) is 2.28. The minimum absolute atomic E-state index is 0.210. The van der Waals surface area contributed by atoms with Crippen molar-refractivity contribution >= 4 is 17.5 Å². The number of hydrogen-bond donors (Lipinski definition) is 1. The molecule has 1 heterocycles. The van der Waals surface area contributed by atoms with Crippen LogP contribution in [0.25, 0.3) is 11.1 Å². The lowest BCUT2D eigenvalue weighted by atomic mass is 10.0. The number of aryl methyl sites for hydroxylation is 1. The Balaban J connectivity index is 2.86. The van der Waals surface area contributed by atoms with E-state index in [9.17, 15) is 22.4 Å². The molecule has 0 spiro atoms. The van der Waals surface area contributed by atoms with Gasteiger partial charge in [-0.15, -0.1) is 0 Å². The molecule has 1 aromatic carbocycles. The summed E-state index contributed by atoms with van der Waals surface area (Å²) in [5.74, 6) is -2.49. The number of nitrogens with one attached hydrogen (secondary N) is 1. The van der Waals surface area contributed by atoms with Crippen molar-refractivity contribution in [1.82, 2.24) is 15.3 Å². The standard InChI is InChI=1S/C14H10ClF4N3O/c1-6-9(10-7(15)4-3-5-8(10)16)11(14(17,18)19)22-12(21-6)13(23)20-2/h3-5H,1-2H3,(H,20,23). The topological polar surface area (TPSA) is 54.9 Å². The van der Waals surface area contributed by atoms with Crippen LogP contribution in [0.3, 0.4) is 0 Å². The molecule has 0 unspecified atom stereocenters. The van der Waals surface area contributed by atoms with Crippen molar-refractivity contribution in [3.05, 3.63) is 46.3 Å². The average Bonchev–Trinajstić information content (AvgIpc) is 2.46. The Kier molecular flexibility index (Phi) is 4.56. The molecular weight excluding hydrogens is 338 g/mol. The van der Waals surface area contributed by atoms with Crippen LogP contribution in [0.15, 0.2) is 18.2 Å². The van der Waals surface area contributed by atoms with Crippen molar-refractivity contribution < 1.29 is 22.4 Å². The molecule has 2 rings (SSSR count). The zero-order valence-corrected chi connectivity index (χ0v) is 12.7. The van der Waals surface area contributed by atoms with Gasteiger partial charge in [0.2, 0.25) is 5.82 Å². The number of rotatable bonds is 2. The van der Waals surface area contributed by atoms with Crippen molar-refractivity contribution in [2.75, 3.05) is 7.05 Å². The summed E-state index contributed by atoms with van der Waals surface area (Å²) in [4.78, 5) is 18.5. The molecule has 1 aromatic heterocycles. The lowest BCUT2D eigenvalue weighted by Crippen LogP contribution is -2.24. The highest BCUT2D eigenvalue weighted by molar-refractivity contribution is 6.33. The second-order valence-corrected chi connectivity index (χ2v) is 4.94. The Morgan fingerprint density at radius 1 is 1.22 bits per heavy atom. The maximum atomic E-state index is 14.0. The normalized spacial score (nSPS) is 11.4. The number of nitrogens with zero attached hydrogens (tertiary/aromatic N) is 2. The molecule has 0 saturated carbocycles. The number of carbonyl (C=O) groups is 1. The van der Waals surface area contributed by atoms with E-state index in [1.807, 2.05) is 0 Å². The van der Waals surface area contributed by atoms with Crippen LogP contribution in [-0.4, -0.2) is 22.9 Å². The van der Waals surface area contributed by atoms with E-state index in [4.69, 9.17) is 11.6 Å². The molecule has 122 valence electrons. The molecule has 1 N–H and O–H groups in total. The number of alkyl halides is 3. The van der Waals surface area contributed by atoms with Crippen LogP contribution in [0.2, 0.25) is 5.02 Å². The van der Waals surface area contributed by atoms with E-state index >= 15 is 0 Å². The van der Waals surface area contributed by atoms with Crippen molar-refractivity contribution in [3.8, 4) is 11.1 Å². The molecule has 1 amide bonds. The summed E-state index contributed by atoms with van der Waals surface area (Å²) in [6.07, 6.45) is -4.92. The van der Waals surface area contributed by atoms with E-state index in [0.29, 0.717) is 0 Å². The minimum atomic E-state index is -4.92. The van der Waals surface area contributed by atoms with E-state index in [-0.39, 0.29) is 10.7 Å². The zero-order valence-electron chi connectivity index (χ0n) is 11.9. The van der Waals surface area contributed by atoms with Gasteiger partial charge in [-0.2, -0.15) is 13.2 Å². The number of benzene rings is 1.